The molecule has 154 valence electrons. The molecule has 0 aliphatic carbocycles. The largest absolute Gasteiger partial charge is 0.497 e. The van der Waals surface area contributed by atoms with Gasteiger partial charge in [0, 0.05) is 11.4 Å². The first kappa shape index (κ1) is 18.7. The Morgan fingerprint density at radius 3 is 2.33 bits per heavy atom. The number of rotatable bonds is 5. The first-order valence-corrected chi connectivity index (χ1v) is 9.82. The molecule has 2 aromatic carbocycles. The highest BCUT2D eigenvalue weighted by Crippen LogP contribution is 2.52. The van der Waals surface area contributed by atoms with Gasteiger partial charge in [0.05, 0.1) is 38.7 Å². The van der Waals surface area contributed by atoms with Gasteiger partial charge in [-0.3, -0.25) is 9.59 Å². The van der Waals surface area contributed by atoms with Crippen LogP contribution in [-0.4, -0.2) is 44.3 Å². The number of fused-ring (bicyclic) bond motifs is 1. The van der Waals surface area contributed by atoms with Crippen LogP contribution in [0.2, 0.25) is 0 Å². The Morgan fingerprint density at radius 2 is 1.70 bits per heavy atom. The van der Waals surface area contributed by atoms with E-state index in [9.17, 15) is 9.59 Å². The second-order valence-electron chi connectivity index (χ2n) is 7.74. The van der Waals surface area contributed by atoms with Gasteiger partial charge >= 0.3 is 0 Å². The third-order valence-electron chi connectivity index (χ3n) is 6.14. The monoisotopic (exact) mass is 406 g/mol. The lowest BCUT2D eigenvalue weighted by Gasteiger charge is -2.23. The fraction of sp³-hybridized carbons (Fsp3) is 0.304. The van der Waals surface area contributed by atoms with E-state index >= 15 is 0 Å². The van der Waals surface area contributed by atoms with Gasteiger partial charge in [0.1, 0.15) is 17.1 Å². The summed E-state index contributed by atoms with van der Waals surface area (Å²) in [5.74, 6) is -0.00857. The number of hydrogen-bond acceptors (Lipinski definition) is 5. The van der Waals surface area contributed by atoms with Gasteiger partial charge in [0.25, 0.3) is 0 Å². The van der Waals surface area contributed by atoms with E-state index in [0.29, 0.717) is 18.0 Å². The molecule has 3 aliphatic heterocycles. The van der Waals surface area contributed by atoms with Crippen LogP contribution < -0.4 is 19.7 Å². The second kappa shape index (κ2) is 6.88. The van der Waals surface area contributed by atoms with Crippen LogP contribution in [0.4, 0.5) is 11.4 Å². The van der Waals surface area contributed by atoms with E-state index in [4.69, 9.17) is 14.2 Å². The number of anilines is 2. The van der Waals surface area contributed by atoms with Crippen molar-refractivity contribution in [2.75, 3.05) is 31.0 Å². The first-order chi connectivity index (χ1) is 14.5. The molecule has 2 bridgehead atoms. The zero-order valence-electron chi connectivity index (χ0n) is 16.7. The van der Waals surface area contributed by atoms with Gasteiger partial charge in [0.15, 0.2) is 0 Å². The highest BCUT2D eigenvalue weighted by atomic mass is 16.5. The van der Waals surface area contributed by atoms with Gasteiger partial charge in [-0.1, -0.05) is 12.2 Å². The molecule has 3 heterocycles. The van der Waals surface area contributed by atoms with E-state index in [1.807, 2.05) is 36.4 Å². The van der Waals surface area contributed by atoms with Gasteiger partial charge in [-0.25, -0.2) is 0 Å². The van der Waals surface area contributed by atoms with E-state index in [0.717, 1.165) is 11.4 Å². The van der Waals surface area contributed by atoms with E-state index in [1.54, 1.807) is 43.4 Å². The Hall–Kier alpha value is -3.32. The minimum Gasteiger partial charge on any atom is -0.497 e. The highest BCUT2D eigenvalue weighted by Gasteiger charge is 2.67. The van der Waals surface area contributed by atoms with Crippen molar-refractivity contribution in [3.8, 4) is 11.5 Å². The SMILES string of the molecule is COc1ccc(NC(=O)[C@@H]2[C@H]3C(=O)N(c4ccc(OC)cc4)C[C@@]34C=C[C@H]2O4)cc1. The average molecular weight is 406 g/mol. The van der Waals surface area contributed by atoms with Gasteiger partial charge in [-0.2, -0.15) is 0 Å². The Labute approximate surface area is 174 Å². The van der Waals surface area contributed by atoms with Gasteiger partial charge in [-0.15, -0.1) is 0 Å². The number of nitrogens with one attached hydrogen (secondary N) is 1. The Balaban J connectivity index is 1.39. The number of nitrogens with zero attached hydrogens (tertiary/aromatic N) is 1. The smallest absolute Gasteiger partial charge is 0.234 e. The third-order valence-corrected chi connectivity index (χ3v) is 6.14. The maximum atomic E-state index is 13.4. The topological polar surface area (TPSA) is 77.1 Å². The summed E-state index contributed by atoms with van der Waals surface area (Å²) in [4.78, 5) is 28.2. The molecule has 2 amide bonds. The maximum absolute atomic E-state index is 13.4. The molecular formula is C23H22N2O5. The first-order valence-electron chi connectivity index (χ1n) is 9.82. The number of amides is 2. The maximum Gasteiger partial charge on any atom is 0.234 e. The number of ether oxygens (including phenoxy) is 3. The number of carbonyl (C=O) groups is 2. The van der Waals surface area contributed by atoms with Crippen molar-refractivity contribution in [3.05, 3.63) is 60.7 Å². The summed E-state index contributed by atoms with van der Waals surface area (Å²) in [7, 11) is 3.19. The fourth-order valence-corrected chi connectivity index (χ4v) is 4.68. The van der Waals surface area contributed by atoms with Gasteiger partial charge in [0.2, 0.25) is 11.8 Å². The van der Waals surface area contributed by atoms with Crippen molar-refractivity contribution in [2.45, 2.75) is 11.7 Å². The normalized spacial score (nSPS) is 28.5. The Kier molecular flexibility index (Phi) is 4.29. The van der Waals surface area contributed by atoms with Crippen LogP contribution in [0.5, 0.6) is 11.5 Å². The van der Waals surface area contributed by atoms with Gasteiger partial charge in [-0.05, 0) is 48.5 Å². The second-order valence-corrected chi connectivity index (χ2v) is 7.74. The molecule has 2 saturated heterocycles. The van der Waals surface area contributed by atoms with Crippen LogP contribution in [0.3, 0.4) is 0 Å². The minimum atomic E-state index is -0.760. The van der Waals surface area contributed by atoms with Crippen LogP contribution in [-0.2, 0) is 14.3 Å². The van der Waals surface area contributed by atoms with Crippen molar-refractivity contribution < 1.29 is 23.8 Å². The molecule has 1 spiro atoms. The van der Waals surface area contributed by atoms with E-state index in [2.05, 4.69) is 5.32 Å². The van der Waals surface area contributed by atoms with Crippen LogP contribution >= 0.6 is 0 Å². The molecule has 0 aromatic heterocycles. The summed E-state index contributed by atoms with van der Waals surface area (Å²) in [5, 5.41) is 2.92. The number of hydrogen-bond donors (Lipinski definition) is 1. The summed E-state index contributed by atoms with van der Waals surface area (Å²) in [5.41, 5.74) is 0.655. The summed E-state index contributed by atoms with van der Waals surface area (Å²) in [6.45, 7) is 0.391. The molecule has 7 heteroatoms. The minimum absolute atomic E-state index is 0.0955. The molecule has 0 unspecified atom stereocenters. The van der Waals surface area contributed by atoms with Crippen molar-refractivity contribution in [1.82, 2.24) is 0 Å². The Bertz CT molecular complexity index is 1020. The van der Waals surface area contributed by atoms with Crippen LogP contribution in [0, 0.1) is 11.8 Å². The fourth-order valence-electron chi connectivity index (χ4n) is 4.68. The lowest BCUT2D eigenvalue weighted by Crippen LogP contribution is -2.41. The summed E-state index contributed by atoms with van der Waals surface area (Å²) in [6, 6.07) is 14.4. The Morgan fingerprint density at radius 1 is 1.07 bits per heavy atom. The lowest BCUT2D eigenvalue weighted by molar-refractivity contribution is -0.128. The quantitative estimate of drug-likeness (QED) is 0.773. The summed E-state index contributed by atoms with van der Waals surface area (Å²) >= 11 is 0. The standard InChI is InChI=1S/C23H22N2O5/c1-28-16-7-3-14(4-8-16)24-21(26)19-18-11-12-23(30-18)13-25(22(27)20(19)23)15-5-9-17(29-2)10-6-15/h3-12,18-20H,13H2,1-2H3,(H,24,26)/t18-,19+,20+,23+/m1/s1. The molecule has 5 rings (SSSR count). The van der Waals surface area contributed by atoms with E-state index < -0.39 is 23.5 Å². The zero-order chi connectivity index (χ0) is 20.9. The van der Waals surface area contributed by atoms with E-state index in [1.165, 1.54) is 0 Å². The summed E-state index contributed by atoms with van der Waals surface area (Å²) in [6.07, 6.45) is 3.45. The molecular weight excluding hydrogens is 384 g/mol. The number of benzene rings is 2. The predicted octanol–water partition coefficient (Wildman–Crippen LogP) is 2.63. The molecule has 2 aromatic rings. The van der Waals surface area contributed by atoms with Crippen molar-refractivity contribution >= 4 is 23.2 Å². The van der Waals surface area contributed by atoms with Crippen LogP contribution in [0.25, 0.3) is 0 Å². The molecule has 30 heavy (non-hydrogen) atoms. The van der Waals surface area contributed by atoms with Crippen molar-refractivity contribution in [1.29, 1.82) is 0 Å². The number of methoxy groups -OCH3 is 2. The molecule has 3 aliphatic rings. The molecule has 0 saturated carbocycles. The molecule has 1 N–H and O–H groups in total. The molecule has 7 nitrogen and oxygen atoms in total. The molecule has 0 radical (unpaired) electrons. The third kappa shape index (κ3) is 2.77. The van der Waals surface area contributed by atoms with Crippen LogP contribution in [0.15, 0.2) is 60.7 Å². The van der Waals surface area contributed by atoms with E-state index in [-0.39, 0.29) is 11.8 Å². The zero-order valence-corrected chi connectivity index (χ0v) is 16.7. The molecule has 2 fully saturated rings. The average Bonchev–Trinajstić information content (AvgIpc) is 3.42. The van der Waals surface area contributed by atoms with Gasteiger partial charge < -0.3 is 24.4 Å². The lowest BCUT2D eigenvalue weighted by atomic mass is 9.77. The number of carbonyl (C=O) groups excluding carboxylic acids is 2. The molecule has 4 atom stereocenters. The highest BCUT2D eigenvalue weighted by molar-refractivity contribution is 6.05. The van der Waals surface area contributed by atoms with Crippen molar-refractivity contribution in [3.63, 3.8) is 0 Å². The summed E-state index contributed by atoms with van der Waals surface area (Å²) < 4.78 is 16.5. The van der Waals surface area contributed by atoms with Crippen molar-refractivity contribution in [2.24, 2.45) is 11.8 Å². The van der Waals surface area contributed by atoms with Crippen LogP contribution in [0.1, 0.15) is 0 Å². The predicted molar refractivity (Wildman–Crippen MR) is 111 cm³/mol.